The number of nitrogens with zero attached hydrogens (tertiary/aromatic N) is 3. The molecule has 110 valence electrons. The van der Waals surface area contributed by atoms with Gasteiger partial charge in [-0.05, 0) is 25.0 Å². The molecule has 1 amide bonds. The summed E-state index contributed by atoms with van der Waals surface area (Å²) in [4.78, 5) is 18.2. The second-order valence-corrected chi connectivity index (χ2v) is 5.64. The van der Waals surface area contributed by atoms with E-state index in [1.54, 1.807) is 6.92 Å². The summed E-state index contributed by atoms with van der Waals surface area (Å²) in [6.07, 6.45) is 3.89. The standard InChI is InChI=1S/C17H21N3O/c1-3-10-20-16-7-5-4-6-15(16)18-17(20)14-8-11-19(12-9-14)13(2)21/h3-7,14H,1,8-12H2,2H3. The number of allylic oxidation sites excluding steroid dienone is 1. The molecule has 0 aliphatic carbocycles. The van der Waals surface area contributed by atoms with Gasteiger partial charge in [0.15, 0.2) is 0 Å². The Morgan fingerprint density at radius 2 is 2.10 bits per heavy atom. The highest BCUT2D eigenvalue weighted by Crippen LogP contribution is 2.30. The highest BCUT2D eigenvalue weighted by Gasteiger charge is 2.26. The van der Waals surface area contributed by atoms with Crippen molar-refractivity contribution in [2.75, 3.05) is 13.1 Å². The molecule has 1 aliphatic heterocycles. The van der Waals surface area contributed by atoms with E-state index >= 15 is 0 Å². The predicted molar refractivity (Wildman–Crippen MR) is 84.2 cm³/mol. The molecule has 0 unspecified atom stereocenters. The SMILES string of the molecule is C=CCn1c(C2CCN(C(C)=O)CC2)nc2ccccc21. The van der Waals surface area contributed by atoms with E-state index < -0.39 is 0 Å². The zero-order chi connectivity index (χ0) is 14.8. The van der Waals surface area contributed by atoms with Crippen LogP contribution in [0.1, 0.15) is 31.5 Å². The molecule has 1 saturated heterocycles. The minimum absolute atomic E-state index is 0.174. The third-order valence-electron chi connectivity index (χ3n) is 4.30. The van der Waals surface area contributed by atoms with E-state index in [9.17, 15) is 4.79 Å². The van der Waals surface area contributed by atoms with Crippen molar-refractivity contribution in [3.63, 3.8) is 0 Å². The van der Waals surface area contributed by atoms with Crippen molar-refractivity contribution in [2.24, 2.45) is 0 Å². The molecule has 1 aliphatic rings. The first-order valence-corrected chi connectivity index (χ1v) is 7.52. The van der Waals surface area contributed by atoms with Gasteiger partial charge in [0.2, 0.25) is 5.91 Å². The number of amides is 1. The van der Waals surface area contributed by atoms with Gasteiger partial charge < -0.3 is 9.47 Å². The van der Waals surface area contributed by atoms with Crippen LogP contribution in [-0.2, 0) is 11.3 Å². The van der Waals surface area contributed by atoms with Crippen molar-refractivity contribution in [3.05, 3.63) is 42.7 Å². The molecule has 1 fully saturated rings. The molecular weight excluding hydrogens is 262 g/mol. The highest BCUT2D eigenvalue weighted by atomic mass is 16.2. The number of hydrogen-bond acceptors (Lipinski definition) is 2. The Morgan fingerprint density at radius 1 is 1.38 bits per heavy atom. The third-order valence-corrected chi connectivity index (χ3v) is 4.30. The summed E-state index contributed by atoms with van der Waals surface area (Å²) in [5.41, 5.74) is 2.21. The van der Waals surface area contributed by atoms with Gasteiger partial charge >= 0.3 is 0 Å². The van der Waals surface area contributed by atoms with Gasteiger partial charge in [0.25, 0.3) is 0 Å². The number of fused-ring (bicyclic) bond motifs is 1. The molecule has 4 nitrogen and oxygen atoms in total. The maximum Gasteiger partial charge on any atom is 0.219 e. The second kappa shape index (κ2) is 5.72. The van der Waals surface area contributed by atoms with Gasteiger partial charge in [0.1, 0.15) is 5.82 Å². The minimum Gasteiger partial charge on any atom is -0.343 e. The predicted octanol–water partition coefficient (Wildman–Crippen LogP) is 2.95. The fourth-order valence-electron chi connectivity index (χ4n) is 3.18. The molecule has 4 heteroatoms. The number of para-hydroxylation sites is 2. The molecule has 1 aromatic heterocycles. The van der Waals surface area contributed by atoms with E-state index in [4.69, 9.17) is 4.98 Å². The monoisotopic (exact) mass is 283 g/mol. The zero-order valence-corrected chi connectivity index (χ0v) is 12.5. The van der Waals surface area contributed by atoms with Gasteiger partial charge in [-0.25, -0.2) is 4.98 Å². The van der Waals surface area contributed by atoms with E-state index in [-0.39, 0.29) is 5.91 Å². The van der Waals surface area contributed by atoms with Crippen LogP contribution in [0.15, 0.2) is 36.9 Å². The molecular formula is C17H21N3O. The van der Waals surface area contributed by atoms with Crippen LogP contribution in [0.2, 0.25) is 0 Å². The van der Waals surface area contributed by atoms with Crippen LogP contribution < -0.4 is 0 Å². The summed E-state index contributed by atoms with van der Waals surface area (Å²) >= 11 is 0. The summed E-state index contributed by atoms with van der Waals surface area (Å²) < 4.78 is 2.26. The average molecular weight is 283 g/mol. The van der Waals surface area contributed by atoms with E-state index in [1.165, 1.54) is 5.52 Å². The van der Waals surface area contributed by atoms with E-state index in [1.807, 2.05) is 23.1 Å². The first-order valence-electron chi connectivity index (χ1n) is 7.52. The number of imidazole rings is 1. The number of carbonyl (C=O) groups is 1. The second-order valence-electron chi connectivity index (χ2n) is 5.64. The van der Waals surface area contributed by atoms with Gasteiger partial charge in [-0.2, -0.15) is 0 Å². The molecule has 0 spiro atoms. The number of hydrogen-bond donors (Lipinski definition) is 0. The van der Waals surface area contributed by atoms with Crippen molar-refractivity contribution in [1.29, 1.82) is 0 Å². The maximum absolute atomic E-state index is 11.4. The average Bonchev–Trinajstić information content (AvgIpc) is 2.87. The Balaban J connectivity index is 1.91. The third kappa shape index (κ3) is 2.58. The first kappa shape index (κ1) is 13.9. The van der Waals surface area contributed by atoms with Gasteiger partial charge in [-0.1, -0.05) is 18.2 Å². The molecule has 0 atom stereocenters. The minimum atomic E-state index is 0.174. The largest absolute Gasteiger partial charge is 0.343 e. The van der Waals surface area contributed by atoms with Gasteiger partial charge in [0.05, 0.1) is 11.0 Å². The number of likely N-dealkylation sites (tertiary alicyclic amines) is 1. The van der Waals surface area contributed by atoms with Crippen LogP contribution in [0.25, 0.3) is 11.0 Å². The molecule has 0 N–H and O–H groups in total. The van der Waals surface area contributed by atoms with Crippen molar-refractivity contribution in [2.45, 2.75) is 32.2 Å². The first-order chi connectivity index (χ1) is 10.2. The van der Waals surface area contributed by atoms with E-state index in [0.29, 0.717) is 5.92 Å². The van der Waals surface area contributed by atoms with Gasteiger partial charge in [0, 0.05) is 32.5 Å². The Hall–Kier alpha value is -2.10. The van der Waals surface area contributed by atoms with Crippen molar-refractivity contribution in [1.82, 2.24) is 14.5 Å². The molecule has 21 heavy (non-hydrogen) atoms. The summed E-state index contributed by atoms with van der Waals surface area (Å²) in [5, 5.41) is 0. The summed E-state index contributed by atoms with van der Waals surface area (Å²) in [5.74, 6) is 1.74. The highest BCUT2D eigenvalue weighted by molar-refractivity contribution is 5.76. The van der Waals surface area contributed by atoms with Crippen LogP contribution in [0.3, 0.4) is 0 Å². The Labute approximate surface area is 125 Å². The number of benzene rings is 1. The quantitative estimate of drug-likeness (QED) is 0.812. The lowest BCUT2D eigenvalue weighted by Crippen LogP contribution is -2.36. The Morgan fingerprint density at radius 3 is 2.76 bits per heavy atom. The molecule has 0 bridgehead atoms. The molecule has 2 aromatic rings. The maximum atomic E-state index is 11.4. The van der Waals surface area contributed by atoms with Crippen LogP contribution in [-0.4, -0.2) is 33.4 Å². The van der Waals surface area contributed by atoms with Crippen molar-refractivity contribution >= 4 is 16.9 Å². The number of aromatic nitrogens is 2. The lowest BCUT2D eigenvalue weighted by molar-refractivity contribution is -0.129. The fourth-order valence-corrected chi connectivity index (χ4v) is 3.18. The fraction of sp³-hybridized carbons (Fsp3) is 0.412. The zero-order valence-electron chi connectivity index (χ0n) is 12.5. The normalized spacial score (nSPS) is 16.3. The van der Waals surface area contributed by atoms with E-state index in [2.05, 4.69) is 23.3 Å². The van der Waals surface area contributed by atoms with Crippen molar-refractivity contribution in [3.8, 4) is 0 Å². The Bertz CT molecular complexity index is 666. The lowest BCUT2D eigenvalue weighted by atomic mass is 9.96. The topological polar surface area (TPSA) is 38.1 Å². The van der Waals surface area contributed by atoms with Gasteiger partial charge in [-0.15, -0.1) is 6.58 Å². The molecule has 0 radical (unpaired) electrons. The Kier molecular flexibility index (Phi) is 3.78. The summed E-state index contributed by atoms with van der Waals surface area (Å²) in [7, 11) is 0. The number of rotatable bonds is 3. The molecule has 2 heterocycles. The van der Waals surface area contributed by atoms with Crippen LogP contribution in [0.4, 0.5) is 0 Å². The van der Waals surface area contributed by atoms with Gasteiger partial charge in [-0.3, -0.25) is 4.79 Å². The number of carbonyl (C=O) groups excluding carboxylic acids is 1. The lowest BCUT2D eigenvalue weighted by Gasteiger charge is -2.31. The van der Waals surface area contributed by atoms with Crippen LogP contribution in [0.5, 0.6) is 0 Å². The van der Waals surface area contributed by atoms with Crippen LogP contribution >= 0.6 is 0 Å². The summed E-state index contributed by atoms with van der Waals surface area (Å²) in [6.45, 7) is 7.95. The smallest absolute Gasteiger partial charge is 0.219 e. The molecule has 3 rings (SSSR count). The summed E-state index contributed by atoms with van der Waals surface area (Å²) in [6, 6.07) is 8.24. The van der Waals surface area contributed by atoms with Crippen LogP contribution in [0, 0.1) is 0 Å². The van der Waals surface area contributed by atoms with Crippen molar-refractivity contribution < 1.29 is 4.79 Å². The molecule has 1 aromatic carbocycles. The molecule has 0 saturated carbocycles. The number of piperidine rings is 1. The van der Waals surface area contributed by atoms with E-state index in [0.717, 1.165) is 43.8 Å².